The SMILES string of the molecule is O=C1N[C@@H](Cc2c[nH]c3ccccc23)C(=O)N[C@H]1Cc1ccc(OCc2ccccc2)cc1. The van der Waals surface area contributed by atoms with Gasteiger partial charge in [-0.3, -0.25) is 9.59 Å². The molecule has 3 aromatic carbocycles. The molecule has 166 valence electrons. The highest BCUT2D eigenvalue weighted by molar-refractivity contribution is 5.97. The van der Waals surface area contributed by atoms with Crippen molar-refractivity contribution in [2.45, 2.75) is 31.5 Å². The first-order valence-corrected chi connectivity index (χ1v) is 11.1. The third kappa shape index (κ3) is 4.75. The number of ether oxygens (including phenoxy) is 1. The van der Waals surface area contributed by atoms with Crippen molar-refractivity contribution in [3.05, 3.63) is 102 Å². The van der Waals surface area contributed by atoms with Gasteiger partial charge in [-0.1, -0.05) is 60.7 Å². The van der Waals surface area contributed by atoms with Gasteiger partial charge in [-0.2, -0.15) is 0 Å². The lowest BCUT2D eigenvalue weighted by atomic mass is 9.98. The van der Waals surface area contributed by atoms with Crippen LogP contribution in [-0.2, 0) is 29.0 Å². The fraction of sp³-hybridized carbons (Fsp3) is 0.185. The highest BCUT2D eigenvalue weighted by Crippen LogP contribution is 2.20. The average Bonchev–Trinajstić information content (AvgIpc) is 3.25. The topological polar surface area (TPSA) is 83.2 Å². The second kappa shape index (κ2) is 9.20. The number of piperazine rings is 1. The molecule has 0 aliphatic carbocycles. The van der Waals surface area contributed by atoms with Gasteiger partial charge in [0.1, 0.15) is 24.4 Å². The van der Waals surface area contributed by atoms with Crippen LogP contribution in [-0.4, -0.2) is 28.9 Å². The van der Waals surface area contributed by atoms with Crippen LogP contribution in [0.1, 0.15) is 16.7 Å². The number of H-pyrrole nitrogens is 1. The van der Waals surface area contributed by atoms with Crippen LogP contribution in [0.2, 0.25) is 0 Å². The molecular formula is C27H25N3O3. The minimum Gasteiger partial charge on any atom is -0.489 e. The maximum Gasteiger partial charge on any atom is 0.243 e. The smallest absolute Gasteiger partial charge is 0.243 e. The van der Waals surface area contributed by atoms with Crippen molar-refractivity contribution < 1.29 is 14.3 Å². The van der Waals surface area contributed by atoms with Crippen molar-refractivity contribution in [1.29, 1.82) is 0 Å². The number of para-hydroxylation sites is 1. The summed E-state index contributed by atoms with van der Waals surface area (Å²) in [4.78, 5) is 28.6. The summed E-state index contributed by atoms with van der Waals surface area (Å²) in [5.74, 6) is 0.440. The highest BCUT2D eigenvalue weighted by Gasteiger charge is 2.34. The Bertz CT molecular complexity index is 1260. The van der Waals surface area contributed by atoms with E-state index in [0.29, 0.717) is 19.4 Å². The minimum absolute atomic E-state index is 0.160. The van der Waals surface area contributed by atoms with Crippen LogP contribution in [0.4, 0.5) is 0 Å². The zero-order chi connectivity index (χ0) is 22.6. The summed E-state index contributed by atoms with van der Waals surface area (Å²) in [6.07, 6.45) is 2.77. The molecule has 1 saturated heterocycles. The quantitative estimate of drug-likeness (QED) is 0.412. The van der Waals surface area contributed by atoms with Gasteiger partial charge in [-0.05, 0) is 34.9 Å². The Hall–Kier alpha value is -4.06. The molecule has 2 amide bonds. The summed E-state index contributed by atoms with van der Waals surface area (Å²) in [5, 5.41) is 6.86. The molecule has 33 heavy (non-hydrogen) atoms. The van der Waals surface area contributed by atoms with Crippen LogP contribution in [0, 0.1) is 0 Å². The number of hydrogen-bond acceptors (Lipinski definition) is 3. The molecule has 0 saturated carbocycles. The van der Waals surface area contributed by atoms with Gasteiger partial charge in [0.25, 0.3) is 0 Å². The van der Waals surface area contributed by atoms with Crippen LogP contribution in [0.15, 0.2) is 85.1 Å². The summed E-state index contributed by atoms with van der Waals surface area (Å²) in [6.45, 7) is 0.499. The number of hydrogen-bond donors (Lipinski definition) is 3. The van der Waals surface area contributed by atoms with Crippen LogP contribution >= 0.6 is 0 Å². The van der Waals surface area contributed by atoms with Gasteiger partial charge in [0.2, 0.25) is 11.8 Å². The van der Waals surface area contributed by atoms with Crippen molar-refractivity contribution in [2.24, 2.45) is 0 Å². The van der Waals surface area contributed by atoms with Crippen molar-refractivity contribution >= 4 is 22.7 Å². The highest BCUT2D eigenvalue weighted by atomic mass is 16.5. The number of benzene rings is 3. The summed E-state index contributed by atoms with van der Waals surface area (Å²) >= 11 is 0. The molecule has 1 aliphatic rings. The molecule has 5 rings (SSSR count). The van der Waals surface area contributed by atoms with E-state index >= 15 is 0 Å². The van der Waals surface area contributed by atoms with Crippen LogP contribution in [0.25, 0.3) is 10.9 Å². The molecule has 4 aromatic rings. The van der Waals surface area contributed by atoms with Gasteiger partial charge >= 0.3 is 0 Å². The van der Waals surface area contributed by atoms with Crippen LogP contribution in [0.5, 0.6) is 5.75 Å². The predicted molar refractivity (Wildman–Crippen MR) is 127 cm³/mol. The third-order valence-corrected chi connectivity index (χ3v) is 5.98. The molecule has 2 atom stereocenters. The molecular weight excluding hydrogens is 414 g/mol. The zero-order valence-corrected chi connectivity index (χ0v) is 18.1. The first-order valence-electron chi connectivity index (χ1n) is 11.1. The average molecular weight is 440 g/mol. The number of amides is 2. The predicted octanol–water partition coefficient (Wildman–Crippen LogP) is 3.52. The van der Waals surface area contributed by atoms with Crippen molar-refractivity contribution in [1.82, 2.24) is 15.6 Å². The van der Waals surface area contributed by atoms with Gasteiger partial charge in [0.05, 0.1) is 0 Å². The van der Waals surface area contributed by atoms with E-state index in [1.165, 1.54) is 0 Å². The minimum atomic E-state index is -0.590. The van der Waals surface area contributed by atoms with Gasteiger partial charge in [-0.15, -0.1) is 0 Å². The van der Waals surface area contributed by atoms with Gasteiger partial charge < -0.3 is 20.4 Å². The van der Waals surface area contributed by atoms with E-state index in [2.05, 4.69) is 15.6 Å². The second-order valence-electron chi connectivity index (χ2n) is 8.31. The van der Waals surface area contributed by atoms with Crippen molar-refractivity contribution in [3.8, 4) is 5.75 Å². The lowest BCUT2D eigenvalue weighted by molar-refractivity contribution is -0.136. The number of carbonyl (C=O) groups excluding carboxylic acids is 2. The summed E-state index contributed by atoms with van der Waals surface area (Å²) in [5.41, 5.74) is 4.09. The first-order chi connectivity index (χ1) is 16.2. The third-order valence-electron chi connectivity index (χ3n) is 5.98. The van der Waals surface area contributed by atoms with E-state index < -0.39 is 12.1 Å². The Morgan fingerprint density at radius 3 is 2.12 bits per heavy atom. The van der Waals surface area contributed by atoms with E-state index in [1.807, 2.05) is 85.1 Å². The largest absolute Gasteiger partial charge is 0.489 e. The molecule has 0 bridgehead atoms. The molecule has 2 heterocycles. The molecule has 1 fully saturated rings. The number of aromatic amines is 1. The van der Waals surface area contributed by atoms with E-state index in [9.17, 15) is 9.59 Å². The normalized spacial score (nSPS) is 18.1. The summed E-state index contributed by atoms with van der Waals surface area (Å²) in [7, 11) is 0. The van der Waals surface area contributed by atoms with Crippen molar-refractivity contribution in [3.63, 3.8) is 0 Å². The standard InChI is InChI=1S/C27H25N3O3/c31-26-24(14-18-10-12-21(13-11-18)33-17-19-6-2-1-3-7-19)29-27(32)25(30-26)15-20-16-28-23-9-5-4-8-22(20)23/h1-13,16,24-25,28H,14-15,17H2,(H,29,32)(H,30,31)/t24-,25-/m0/s1. The molecule has 1 aromatic heterocycles. The van der Waals surface area contributed by atoms with E-state index in [1.54, 1.807) is 0 Å². The van der Waals surface area contributed by atoms with Gasteiger partial charge in [0, 0.05) is 29.9 Å². The number of aromatic nitrogens is 1. The van der Waals surface area contributed by atoms with Crippen molar-refractivity contribution in [2.75, 3.05) is 0 Å². The van der Waals surface area contributed by atoms with Crippen LogP contribution in [0.3, 0.4) is 0 Å². The summed E-state index contributed by atoms with van der Waals surface area (Å²) < 4.78 is 5.82. The fourth-order valence-electron chi connectivity index (χ4n) is 4.18. The van der Waals surface area contributed by atoms with Gasteiger partial charge in [0.15, 0.2) is 0 Å². The maximum absolute atomic E-state index is 12.7. The number of fused-ring (bicyclic) bond motifs is 1. The zero-order valence-electron chi connectivity index (χ0n) is 18.1. The summed E-state index contributed by atoms with van der Waals surface area (Å²) in [6, 6.07) is 24.4. The number of carbonyl (C=O) groups is 2. The number of rotatable bonds is 7. The molecule has 0 spiro atoms. The fourth-order valence-corrected chi connectivity index (χ4v) is 4.18. The first kappa shape index (κ1) is 20.8. The molecule has 6 nitrogen and oxygen atoms in total. The van der Waals surface area contributed by atoms with E-state index in [0.717, 1.165) is 33.3 Å². The lowest BCUT2D eigenvalue weighted by Crippen LogP contribution is -2.62. The Labute approximate surface area is 192 Å². The maximum atomic E-state index is 12.7. The number of nitrogens with one attached hydrogen (secondary N) is 3. The Balaban J connectivity index is 1.17. The molecule has 0 unspecified atom stereocenters. The van der Waals surface area contributed by atoms with E-state index in [4.69, 9.17) is 4.74 Å². The second-order valence-corrected chi connectivity index (χ2v) is 8.31. The molecule has 0 radical (unpaired) electrons. The molecule has 3 N–H and O–H groups in total. The van der Waals surface area contributed by atoms with E-state index in [-0.39, 0.29) is 11.8 Å². The van der Waals surface area contributed by atoms with Gasteiger partial charge in [-0.25, -0.2) is 0 Å². The molecule has 1 aliphatic heterocycles. The monoisotopic (exact) mass is 439 g/mol. The Morgan fingerprint density at radius 2 is 1.36 bits per heavy atom. The Morgan fingerprint density at radius 1 is 0.697 bits per heavy atom. The lowest BCUT2D eigenvalue weighted by Gasteiger charge is -2.29. The molecule has 6 heteroatoms. The Kier molecular flexibility index (Phi) is 5.81. The van der Waals surface area contributed by atoms with Crippen LogP contribution < -0.4 is 15.4 Å².